The molecule has 10 nitrogen and oxygen atoms in total. The van der Waals surface area contributed by atoms with Gasteiger partial charge in [0.15, 0.2) is 11.4 Å². The SMILES string of the molecule is Cc1cnc(Nc2cc3n(CC(C)(C)C)c(O)c(C(=O)NC4CC4)c(=O)n3n2)cn1. The zero-order chi connectivity index (χ0) is 21.6. The number of aromatic nitrogens is 5. The molecular weight excluding hydrogens is 386 g/mol. The number of carbonyl (C=O) groups is 1. The van der Waals surface area contributed by atoms with Gasteiger partial charge in [0.2, 0.25) is 5.88 Å². The van der Waals surface area contributed by atoms with Crippen LogP contribution in [0, 0.1) is 12.3 Å². The molecule has 10 heteroatoms. The molecule has 3 heterocycles. The average Bonchev–Trinajstić information content (AvgIpc) is 3.36. The van der Waals surface area contributed by atoms with Gasteiger partial charge in [0.1, 0.15) is 11.5 Å². The van der Waals surface area contributed by atoms with E-state index in [1.54, 1.807) is 23.0 Å². The summed E-state index contributed by atoms with van der Waals surface area (Å²) < 4.78 is 2.68. The Kier molecular flexibility index (Phi) is 4.71. The van der Waals surface area contributed by atoms with Gasteiger partial charge in [0.25, 0.3) is 11.5 Å². The first kappa shape index (κ1) is 19.9. The maximum absolute atomic E-state index is 13.0. The zero-order valence-corrected chi connectivity index (χ0v) is 17.4. The number of amides is 1. The highest BCUT2D eigenvalue weighted by atomic mass is 16.3. The Labute approximate surface area is 173 Å². The number of aryl methyl sites for hydroxylation is 1. The Balaban J connectivity index is 1.83. The third kappa shape index (κ3) is 3.98. The number of hydrogen-bond donors (Lipinski definition) is 3. The van der Waals surface area contributed by atoms with E-state index in [0.717, 1.165) is 23.1 Å². The fraction of sp³-hybridized carbons (Fsp3) is 0.450. The Bertz CT molecular complexity index is 1170. The molecule has 0 radical (unpaired) electrons. The quantitative estimate of drug-likeness (QED) is 0.586. The number of rotatable bonds is 5. The molecule has 0 aliphatic heterocycles. The molecule has 0 atom stereocenters. The van der Waals surface area contributed by atoms with Crippen LogP contribution in [0.5, 0.6) is 5.88 Å². The summed E-state index contributed by atoms with van der Waals surface area (Å²) in [5, 5.41) is 21.0. The van der Waals surface area contributed by atoms with E-state index in [2.05, 4.69) is 25.7 Å². The Morgan fingerprint density at radius 3 is 2.57 bits per heavy atom. The number of fused-ring (bicyclic) bond motifs is 1. The number of aromatic hydroxyl groups is 1. The molecule has 1 fully saturated rings. The molecule has 1 saturated carbocycles. The average molecular weight is 411 g/mol. The van der Waals surface area contributed by atoms with E-state index in [9.17, 15) is 14.7 Å². The lowest BCUT2D eigenvalue weighted by molar-refractivity contribution is 0.0944. The van der Waals surface area contributed by atoms with Crippen molar-refractivity contribution in [3.63, 3.8) is 0 Å². The highest BCUT2D eigenvalue weighted by Crippen LogP contribution is 2.27. The molecule has 3 aromatic heterocycles. The third-order valence-corrected chi connectivity index (χ3v) is 4.66. The largest absolute Gasteiger partial charge is 0.494 e. The third-order valence-electron chi connectivity index (χ3n) is 4.66. The first-order valence-corrected chi connectivity index (χ1v) is 9.84. The van der Waals surface area contributed by atoms with E-state index in [4.69, 9.17) is 0 Å². The minimum atomic E-state index is -0.672. The molecule has 1 amide bonds. The fourth-order valence-corrected chi connectivity index (χ4v) is 3.12. The first-order chi connectivity index (χ1) is 14.1. The maximum Gasteiger partial charge on any atom is 0.291 e. The monoisotopic (exact) mass is 411 g/mol. The van der Waals surface area contributed by atoms with Gasteiger partial charge in [-0.1, -0.05) is 20.8 Å². The molecule has 4 rings (SSSR count). The van der Waals surface area contributed by atoms with Crippen molar-refractivity contribution in [3.8, 4) is 5.88 Å². The summed E-state index contributed by atoms with van der Waals surface area (Å²) in [4.78, 5) is 34.1. The van der Waals surface area contributed by atoms with Gasteiger partial charge in [-0.05, 0) is 25.2 Å². The van der Waals surface area contributed by atoms with Crippen LogP contribution in [-0.2, 0) is 6.54 Å². The van der Waals surface area contributed by atoms with Crippen molar-refractivity contribution in [2.75, 3.05) is 5.32 Å². The summed E-state index contributed by atoms with van der Waals surface area (Å²) in [7, 11) is 0. The molecule has 0 unspecified atom stereocenters. The van der Waals surface area contributed by atoms with Gasteiger partial charge in [-0.3, -0.25) is 19.1 Å². The summed E-state index contributed by atoms with van der Waals surface area (Å²) in [6, 6.07) is 1.69. The lowest BCUT2D eigenvalue weighted by Crippen LogP contribution is -2.35. The molecule has 0 spiro atoms. The molecule has 158 valence electrons. The van der Waals surface area contributed by atoms with Crippen LogP contribution in [0.3, 0.4) is 0 Å². The molecule has 1 aliphatic carbocycles. The van der Waals surface area contributed by atoms with Crippen molar-refractivity contribution in [1.29, 1.82) is 0 Å². The van der Waals surface area contributed by atoms with Crippen molar-refractivity contribution in [2.24, 2.45) is 5.41 Å². The van der Waals surface area contributed by atoms with Gasteiger partial charge in [-0.2, -0.15) is 4.52 Å². The normalized spacial score (nSPS) is 14.1. The van der Waals surface area contributed by atoms with Crippen LogP contribution in [0.2, 0.25) is 0 Å². The predicted octanol–water partition coefficient (Wildman–Crippen LogP) is 1.98. The standard InChI is InChI=1S/C20H25N7O3/c1-11-8-22-14(9-21-11)24-13-7-15-26(10-20(2,3)4)18(29)16(19(30)27(15)25-13)17(28)23-12-5-6-12/h7-9,12,29H,5-6,10H2,1-4H3,(H,23,28)(H,22,24,25). The van der Waals surface area contributed by atoms with Crippen LogP contribution < -0.4 is 16.2 Å². The smallest absolute Gasteiger partial charge is 0.291 e. The van der Waals surface area contributed by atoms with E-state index in [1.807, 2.05) is 27.7 Å². The highest BCUT2D eigenvalue weighted by molar-refractivity contribution is 5.96. The number of hydrogen-bond acceptors (Lipinski definition) is 7. The second-order valence-electron chi connectivity index (χ2n) is 8.87. The minimum Gasteiger partial charge on any atom is -0.494 e. The second-order valence-corrected chi connectivity index (χ2v) is 8.87. The van der Waals surface area contributed by atoms with Gasteiger partial charge >= 0.3 is 0 Å². The van der Waals surface area contributed by atoms with Crippen LogP contribution in [0.15, 0.2) is 23.3 Å². The highest BCUT2D eigenvalue weighted by Gasteiger charge is 2.30. The van der Waals surface area contributed by atoms with E-state index < -0.39 is 11.5 Å². The number of nitrogens with zero attached hydrogens (tertiary/aromatic N) is 5. The van der Waals surface area contributed by atoms with E-state index >= 15 is 0 Å². The number of nitrogens with one attached hydrogen (secondary N) is 2. The fourth-order valence-electron chi connectivity index (χ4n) is 3.12. The lowest BCUT2D eigenvalue weighted by Gasteiger charge is -2.23. The summed E-state index contributed by atoms with van der Waals surface area (Å²) in [6.07, 6.45) is 4.92. The van der Waals surface area contributed by atoms with Gasteiger partial charge in [-0.25, -0.2) is 4.98 Å². The van der Waals surface area contributed by atoms with Gasteiger partial charge in [0.05, 0.1) is 18.1 Å². The molecule has 3 aromatic rings. The maximum atomic E-state index is 13.0. The van der Waals surface area contributed by atoms with E-state index in [-0.39, 0.29) is 22.9 Å². The summed E-state index contributed by atoms with van der Waals surface area (Å²) in [5.74, 6) is -0.122. The van der Waals surface area contributed by atoms with Gasteiger partial charge < -0.3 is 15.7 Å². The second kappa shape index (κ2) is 7.12. The van der Waals surface area contributed by atoms with Crippen LogP contribution in [0.1, 0.15) is 49.7 Å². The predicted molar refractivity (Wildman–Crippen MR) is 111 cm³/mol. The van der Waals surface area contributed by atoms with Crippen LogP contribution in [0.4, 0.5) is 11.6 Å². The van der Waals surface area contributed by atoms with Crippen molar-refractivity contribution in [2.45, 2.75) is 53.1 Å². The van der Waals surface area contributed by atoms with Crippen molar-refractivity contribution >= 4 is 23.2 Å². The molecule has 0 saturated heterocycles. The van der Waals surface area contributed by atoms with E-state index in [1.165, 1.54) is 0 Å². The molecule has 0 aromatic carbocycles. The van der Waals surface area contributed by atoms with Crippen molar-refractivity contribution < 1.29 is 9.90 Å². The molecule has 1 aliphatic rings. The summed E-state index contributed by atoms with van der Waals surface area (Å²) in [5.41, 5.74) is -0.0516. The Morgan fingerprint density at radius 1 is 1.23 bits per heavy atom. The van der Waals surface area contributed by atoms with Crippen molar-refractivity contribution in [1.82, 2.24) is 29.5 Å². The van der Waals surface area contributed by atoms with Gasteiger partial charge in [0, 0.05) is 18.7 Å². The lowest BCUT2D eigenvalue weighted by atomic mass is 9.96. The van der Waals surface area contributed by atoms with Crippen LogP contribution >= 0.6 is 0 Å². The summed E-state index contributed by atoms with van der Waals surface area (Å²) >= 11 is 0. The van der Waals surface area contributed by atoms with Crippen LogP contribution in [0.25, 0.3) is 5.65 Å². The zero-order valence-electron chi connectivity index (χ0n) is 17.4. The van der Waals surface area contributed by atoms with E-state index in [0.29, 0.717) is 23.8 Å². The molecule has 3 N–H and O–H groups in total. The summed E-state index contributed by atoms with van der Waals surface area (Å²) in [6.45, 7) is 8.22. The minimum absolute atomic E-state index is 0.0537. The Hall–Kier alpha value is -3.43. The first-order valence-electron chi connectivity index (χ1n) is 9.84. The van der Waals surface area contributed by atoms with Crippen LogP contribution in [-0.4, -0.2) is 41.2 Å². The Morgan fingerprint density at radius 2 is 1.97 bits per heavy atom. The molecule has 0 bridgehead atoms. The number of carbonyl (C=O) groups excluding carboxylic acids is 1. The topological polar surface area (TPSA) is 126 Å². The van der Waals surface area contributed by atoms with Crippen molar-refractivity contribution in [3.05, 3.63) is 40.1 Å². The molecular formula is C20H25N7O3. The molecule has 30 heavy (non-hydrogen) atoms. The van der Waals surface area contributed by atoms with Gasteiger partial charge in [-0.15, -0.1) is 5.10 Å². The number of anilines is 2.